The zero-order valence-corrected chi connectivity index (χ0v) is 7.66. The average Bonchev–Trinajstić information content (AvgIpc) is 2.53. The van der Waals surface area contributed by atoms with Crippen molar-refractivity contribution < 1.29 is 9.13 Å². The van der Waals surface area contributed by atoms with Crippen LogP contribution in [0.5, 0.6) is 0 Å². The zero-order chi connectivity index (χ0) is 9.26. The van der Waals surface area contributed by atoms with Gasteiger partial charge >= 0.3 is 0 Å². The highest BCUT2D eigenvalue weighted by atomic mass is 19.1. The van der Waals surface area contributed by atoms with Crippen LogP contribution in [0.1, 0.15) is 31.4 Å². The molecule has 70 valence electrons. The van der Waals surface area contributed by atoms with E-state index in [1.807, 2.05) is 0 Å². The summed E-state index contributed by atoms with van der Waals surface area (Å²) >= 11 is 0. The Labute approximate surface area is 77.5 Å². The fourth-order valence-corrected chi connectivity index (χ4v) is 1.73. The Morgan fingerprint density at radius 1 is 1.23 bits per heavy atom. The average molecular weight is 180 g/mol. The molecule has 0 radical (unpaired) electrons. The molecule has 1 fully saturated rings. The summed E-state index contributed by atoms with van der Waals surface area (Å²) in [5, 5.41) is 0. The molecule has 1 aromatic rings. The van der Waals surface area contributed by atoms with Gasteiger partial charge in [-0.2, -0.15) is 0 Å². The monoisotopic (exact) mass is 180 g/mol. The molecule has 0 bridgehead atoms. The molecule has 0 unspecified atom stereocenters. The Morgan fingerprint density at radius 3 is 2.46 bits per heavy atom. The maximum absolute atomic E-state index is 12.6. The Bertz CT molecular complexity index is 281. The van der Waals surface area contributed by atoms with E-state index in [4.69, 9.17) is 4.74 Å². The quantitative estimate of drug-likeness (QED) is 0.645. The van der Waals surface area contributed by atoms with Crippen molar-refractivity contribution in [3.8, 4) is 0 Å². The summed E-state index contributed by atoms with van der Waals surface area (Å²) in [5.41, 5.74) is 1.09. The predicted molar refractivity (Wildman–Crippen MR) is 48.9 cm³/mol. The summed E-state index contributed by atoms with van der Waals surface area (Å²) in [6.45, 7) is 2.07. The van der Waals surface area contributed by atoms with Gasteiger partial charge < -0.3 is 4.74 Å². The van der Waals surface area contributed by atoms with Gasteiger partial charge in [0.15, 0.2) is 0 Å². The van der Waals surface area contributed by atoms with E-state index < -0.39 is 0 Å². The molecular weight excluding hydrogens is 167 g/mol. The summed E-state index contributed by atoms with van der Waals surface area (Å²) in [6.07, 6.45) is 2.67. The molecule has 13 heavy (non-hydrogen) atoms. The van der Waals surface area contributed by atoms with E-state index in [-0.39, 0.29) is 11.9 Å². The van der Waals surface area contributed by atoms with Gasteiger partial charge in [-0.25, -0.2) is 4.39 Å². The molecule has 0 N–H and O–H groups in total. The normalized spacial score (nSPS) is 27.8. The highest BCUT2D eigenvalue weighted by Crippen LogP contribution is 2.32. The largest absolute Gasteiger partial charge is 0.371 e. The maximum Gasteiger partial charge on any atom is 0.123 e. The van der Waals surface area contributed by atoms with Crippen molar-refractivity contribution in [2.75, 3.05) is 0 Å². The first kappa shape index (κ1) is 8.70. The first-order chi connectivity index (χ1) is 6.25. The summed E-state index contributed by atoms with van der Waals surface area (Å²) < 4.78 is 18.3. The van der Waals surface area contributed by atoms with Crippen molar-refractivity contribution in [3.63, 3.8) is 0 Å². The van der Waals surface area contributed by atoms with Crippen molar-refractivity contribution in [1.82, 2.24) is 0 Å². The Morgan fingerprint density at radius 2 is 1.92 bits per heavy atom. The molecule has 1 aromatic carbocycles. The van der Waals surface area contributed by atoms with Gasteiger partial charge in [0.2, 0.25) is 0 Å². The predicted octanol–water partition coefficient (Wildman–Crippen LogP) is 3.07. The van der Waals surface area contributed by atoms with E-state index >= 15 is 0 Å². The van der Waals surface area contributed by atoms with Crippen LogP contribution in [0.3, 0.4) is 0 Å². The van der Waals surface area contributed by atoms with Crippen LogP contribution in [-0.4, -0.2) is 6.10 Å². The van der Waals surface area contributed by atoms with Crippen LogP contribution in [0.25, 0.3) is 0 Å². The van der Waals surface area contributed by atoms with Gasteiger partial charge in [0.05, 0.1) is 12.2 Å². The minimum Gasteiger partial charge on any atom is -0.371 e. The van der Waals surface area contributed by atoms with E-state index in [0.717, 1.165) is 18.4 Å². The lowest BCUT2D eigenvalue weighted by Crippen LogP contribution is -2.00. The second-order valence-corrected chi connectivity index (χ2v) is 3.56. The molecule has 1 heterocycles. The third kappa shape index (κ3) is 1.89. The number of ether oxygens (including phenoxy) is 1. The number of benzene rings is 1. The highest BCUT2D eigenvalue weighted by molar-refractivity contribution is 5.19. The number of hydrogen-bond donors (Lipinski definition) is 0. The Hall–Kier alpha value is -0.890. The van der Waals surface area contributed by atoms with E-state index in [1.165, 1.54) is 12.1 Å². The molecule has 0 spiro atoms. The third-order valence-corrected chi connectivity index (χ3v) is 2.47. The van der Waals surface area contributed by atoms with Crippen LogP contribution in [0.2, 0.25) is 0 Å². The summed E-state index contributed by atoms with van der Waals surface area (Å²) in [4.78, 5) is 0. The van der Waals surface area contributed by atoms with Crippen molar-refractivity contribution in [2.45, 2.75) is 32.0 Å². The second kappa shape index (κ2) is 3.46. The summed E-state index contributed by atoms with van der Waals surface area (Å²) in [7, 11) is 0. The SMILES string of the molecule is C[C@H]1CC[C@@H](c2ccc(F)cc2)O1. The Kier molecular flexibility index (Phi) is 2.32. The smallest absolute Gasteiger partial charge is 0.123 e. The first-order valence-electron chi connectivity index (χ1n) is 4.66. The van der Waals surface area contributed by atoms with Crippen molar-refractivity contribution >= 4 is 0 Å². The molecular formula is C11H13FO. The summed E-state index contributed by atoms with van der Waals surface area (Å²) in [6, 6.07) is 6.58. The van der Waals surface area contributed by atoms with Crippen molar-refractivity contribution in [1.29, 1.82) is 0 Å². The summed E-state index contributed by atoms with van der Waals surface area (Å²) in [5.74, 6) is -0.185. The Balaban J connectivity index is 2.13. The standard InChI is InChI=1S/C11H13FO/c1-8-2-7-11(13-8)9-3-5-10(12)6-4-9/h3-6,8,11H,2,7H2,1H3/t8-,11-/m0/s1. The highest BCUT2D eigenvalue weighted by Gasteiger charge is 2.22. The third-order valence-electron chi connectivity index (χ3n) is 2.47. The fourth-order valence-electron chi connectivity index (χ4n) is 1.73. The lowest BCUT2D eigenvalue weighted by molar-refractivity contribution is 0.0555. The lowest BCUT2D eigenvalue weighted by Gasteiger charge is -2.10. The van der Waals surface area contributed by atoms with E-state index in [2.05, 4.69) is 6.92 Å². The van der Waals surface area contributed by atoms with E-state index in [0.29, 0.717) is 6.10 Å². The number of hydrogen-bond acceptors (Lipinski definition) is 1. The fraction of sp³-hybridized carbons (Fsp3) is 0.455. The van der Waals surface area contributed by atoms with Crippen LogP contribution in [0.4, 0.5) is 4.39 Å². The topological polar surface area (TPSA) is 9.23 Å². The van der Waals surface area contributed by atoms with Gasteiger partial charge in [-0.05, 0) is 37.5 Å². The van der Waals surface area contributed by atoms with Crippen molar-refractivity contribution in [2.24, 2.45) is 0 Å². The molecule has 2 atom stereocenters. The number of halogens is 1. The van der Waals surface area contributed by atoms with Gasteiger partial charge in [0.25, 0.3) is 0 Å². The molecule has 1 aliphatic rings. The van der Waals surface area contributed by atoms with Gasteiger partial charge in [0.1, 0.15) is 5.82 Å². The molecule has 1 saturated heterocycles. The lowest BCUT2D eigenvalue weighted by atomic mass is 10.1. The molecule has 1 nitrogen and oxygen atoms in total. The minimum absolute atomic E-state index is 0.176. The van der Waals surface area contributed by atoms with Gasteiger partial charge in [-0.3, -0.25) is 0 Å². The molecule has 0 amide bonds. The second-order valence-electron chi connectivity index (χ2n) is 3.56. The molecule has 1 aliphatic heterocycles. The van der Waals surface area contributed by atoms with Crippen LogP contribution >= 0.6 is 0 Å². The zero-order valence-electron chi connectivity index (χ0n) is 7.66. The number of rotatable bonds is 1. The molecule has 2 heteroatoms. The van der Waals surface area contributed by atoms with Crippen LogP contribution in [0.15, 0.2) is 24.3 Å². The minimum atomic E-state index is -0.185. The van der Waals surface area contributed by atoms with E-state index in [1.54, 1.807) is 12.1 Å². The van der Waals surface area contributed by atoms with Gasteiger partial charge in [0, 0.05) is 0 Å². The van der Waals surface area contributed by atoms with Gasteiger partial charge in [-0.15, -0.1) is 0 Å². The van der Waals surface area contributed by atoms with Crippen molar-refractivity contribution in [3.05, 3.63) is 35.6 Å². The van der Waals surface area contributed by atoms with Crippen LogP contribution in [0, 0.1) is 5.82 Å². The molecule has 0 saturated carbocycles. The maximum atomic E-state index is 12.6. The molecule has 0 aromatic heterocycles. The van der Waals surface area contributed by atoms with E-state index in [9.17, 15) is 4.39 Å². The van der Waals surface area contributed by atoms with Gasteiger partial charge in [-0.1, -0.05) is 12.1 Å². The molecule has 0 aliphatic carbocycles. The first-order valence-corrected chi connectivity index (χ1v) is 4.66. The van der Waals surface area contributed by atoms with Crippen LogP contribution in [-0.2, 0) is 4.74 Å². The van der Waals surface area contributed by atoms with Crippen LogP contribution < -0.4 is 0 Å². The molecule has 2 rings (SSSR count).